The first-order valence-electron chi connectivity index (χ1n) is 9.25. The number of likely N-dealkylation sites (N-methyl/N-ethyl adjacent to an activating group) is 1. The smallest absolute Gasteiger partial charge is 0.409 e. The molecule has 146 valence electrons. The van der Waals surface area contributed by atoms with Crippen molar-refractivity contribution >= 4 is 17.7 Å². The summed E-state index contributed by atoms with van der Waals surface area (Å²) in [5, 5.41) is 7.20. The highest BCUT2D eigenvalue weighted by atomic mass is 16.6. The second-order valence-electron chi connectivity index (χ2n) is 7.52. The number of ether oxygens (including phenoxy) is 1. The molecule has 8 nitrogen and oxygen atoms in total. The molecule has 1 aromatic heterocycles. The van der Waals surface area contributed by atoms with Gasteiger partial charge in [-0.05, 0) is 32.9 Å². The number of likely N-dealkylation sites (tertiary alicyclic amines) is 1. The van der Waals surface area contributed by atoms with Gasteiger partial charge in [-0.15, -0.1) is 0 Å². The number of amides is 2. The molecule has 0 atom stereocenters. The average Bonchev–Trinajstić information content (AvgIpc) is 3.05. The van der Waals surface area contributed by atoms with Gasteiger partial charge in [0.1, 0.15) is 0 Å². The average molecular weight is 365 g/mol. The van der Waals surface area contributed by atoms with Gasteiger partial charge in [0.25, 0.3) is 0 Å². The second kappa shape index (κ2) is 9.56. The molecule has 0 aromatic carbocycles. The van der Waals surface area contributed by atoms with Gasteiger partial charge in [0.2, 0.25) is 5.91 Å². The minimum Gasteiger partial charge on any atom is -0.449 e. The van der Waals surface area contributed by atoms with Crippen molar-refractivity contribution in [3.8, 4) is 0 Å². The van der Waals surface area contributed by atoms with Crippen molar-refractivity contribution in [2.75, 3.05) is 45.7 Å². The van der Waals surface area contributed by atoms with Gasteiger partial charge in [0.05, 0.1) is 25.0 Å². The molecule has 0 spiro atoms. The molecule has 0 aliphatic carbocycles. The molecular weight excluding hydrogens is 334 g/mol. The zero-order chi connectivity index (χ0) is 19.1. The minimum absolute atomic E-state index is 0.00708. The van der Waals surface area contributed by atoms with Gasteiger partial charge < -0.3 is 19.9 Å². The Morgan fingerprint density at radius 3 is 2.65 bits per heavy atom. The van der Waals surface area contributed by atoms with Gasteiger partial charge in [-0.1, -0.05) is 13.8 Å². The number of rotatable bonds is 7. The Kier molecular flexibility index (Phi) is 7.44. The van der Waals surface area contributed by atoms with Gasteiger partial charge in [-0.25, -0.2) is 4.79 Å². The molecule has 1 aliphatic heterocycles. The molecule has 0 bridgehead atoms. The summed E-state index contributed by atoms with van der Waals surface area (Å²) in [5.41, 5.74) is 0.715. The number of carbonyl (C=O) groups excluding carboxylic acids is 2. The predicted molar refractivity (Wildman–Crippen MR) is 99.9 cm³/mol. The quantitative estimate of drug-likeness (QED) is 0.798. The lowest BCUT2D eigenvalue weighted by Crippen LogP contribution is -2.42. The van der Waals surface area contributed by atoms with E-state index in [1.807, 2.05) is 38.8 Å². The van der Waals surface area contributed by atoms with Crippen molar-refractivity contribution in [2.45, 2.75) is 33.2 Å². The third kappa shape index (κ3) is 6.33. The minimum atomic E-state index is -0.278. The van der Waals surface area contributed by atoms with Crippen LogP contribution >= 0.6 is 0 Å². The number of nitrogens with zero attached hydrogens (tertiary/aromatic N) is 4. The Morgan fingerprint density at radius 2 is 2.04 bits per heavy atom. The summed E-state index contributed by atoms with van der Waals surface area (Å²) < 4.78 is 7.07. The van der Waals surface area contributed by atoms with Crippen LogP contribution in [0.5, 0.6) is 0 Å². The highest BCUT2D eigenvalue weighted by molar-refractivity contribution is 5.92. The Labute approximate surface area is 155 Å². The van der Waals surface area contributed by atoms with E-state index in [0.717, 1.165) is 13.1 Å². The van der Waals surface area contributed by atoms with Crippen LogP contribution in [-0.2, 0) is 16.1 Å². The zero-order valence-electron chi connectivity index (χ0n) is 16.3. The number of piperidine rings is 1. The summed E-state index contributed by atoms with van der Waals surface area (Å²) in [5.74, 6) is 0.225. The predicted octanol–water partition coefficient (Wildman–Crippen LogP) is 1.89. The van der Waals surface area contributed by atoms with E-state index >= 15 is 0 Å². The fourth-order valence-corrected chi connectivity index (χ4v) is 2.75. The zero-order valence-corrected chi connectivity index (χ0v) is 16.3. The Bertz CT molecular complexity index is 591. The molecular formula is C18H31N5O3. The fourth-order valence-electron chi connectivity index (χ4n) is 2.75. The fraction of sp³-hybridized carbons (Fsp3) is 0.722. The number of carbonyl (C=O) groups is 2. The number of hydrogen-bond donors (Lipinski definition) is 1. The van der Waals surface area contributed by atoms with Crippen molar-refractivity contribution < 1.29 is 14.3 Å². The van der Waals surface area contributed by atoms with Crippen LogP contribution in [0.1, 0.15) is 26.7 Å². The lowest BCUT2D eigenvalue weighted by atomic mass is 9.96. The summed E-state index contributed by atoms with van der Waals surface area (Å²) >= 11 is 0. The maximum Gasteiger partial charge on any atom is 0.409 e. The molecule has 0 saturated carbocycles. The first-order chi connectivity index (χ1) is 12.3. The van der Waals surface area contributed by atoms with Gasteiger partial charge in [-0.2, -0.15) is 5.10 Å². The molecule has 2 heterocycles. The maximum atomic E-state index is 12.4. The van der Waals surface area contributed by atoms with Crippen LogP contribution in [0.4, 0.5) is 10.5 Å². The van der Waals surface area contributed by atoms with Gasteiger partial charge in [-0.3, -0.25) is 9.48 Å². The van der Waals surface area contributed by atoms with E-state index < -0.39 is 0 Å². The Hall–Kier alpha value is -2.09. The molecule has 2 amide bonds. The van der Waals surface area contributed by atoms with Crippen LogP contribution in [0, 0.1) is 11.8 Å². The lowest BCUT2D eigenvalue weighted by molar-refractivity contribution is -0.121. The number of aromatic nitrogens is 2. The van der Waals surface area contributed by atoms with Crippen molar-refractivity contribution in [1.29, 1.82) is 0 Å². The van der Waals surface area contributed by atoms with E-state index in [1.54, 1.807) is 11.1 Å². The molecule has 1 N–H and O–H groups in total. The Balaban J connectivity index is 1.75. The normalized spacial score (nSPS) is 15.5. The molecule has 1 saturated heterocycles. The highest BCUT2D eigenvalue weighted by Gasteiger charge is 2.28. The third-order valence-electron chi connectivity index (χ3n) is 4.34. The first kappa shape index (κ1) is 20.2. The number of anilines is 1. The standard InChI is InChI=1S/C18H31N5O3/c1-14(2)13-26-18(25)22-7-5-15(6-8-22)17(24)20-16-11-19-23(12-16)10-9-21(3)4/h11-12,14-15H,5-10,13H2,1-4H3,(H,20,24). The van der Waals surface area contributed by atoms with Gasteiger partial charge in [0.15, 0.2) is 0 Å². The first-order valence-corrected chi connectivity index (χ1v) is 9.25. The van der Waals surface area contributed by atoms with Crippen LogP contribution in [0.15, 0.2) is 12.4 Å². The monoisotopic (exact) mass is 365 g/mol. The van der Waals surface area contributed by atoms with Crippen LogP contribution in [0.3, 0.4) is 0 Å². The van der Waals surface area contributed by atoms with Crippen LogP contribution in [0.2, 0.25) is 0 Å². The molecule has 0 unspecified atom stereocenters. The maximum absolute atomic E-state index is 12.4. The summed E-state index contributed by atoms with van der Waals surface area (Å²) in [6, 6.07) is 0. The SMILES string of the molecule is CC(C)COC(=O)N1CCC(C(=O)Nc2cnn(CCN(C)C)c2)CC1. The summed E-state index contributed by atoms with van der Waals surface area (Å²) in [7, 11) is 4.02. The molecule has 1 aromatic rings. The molecule has 1 fully saturated rings. The molecule has 26 heavy (non-hydrogen) atoms. The van der Waals surface area contributed by atoms with E-state index in [-0.39, 0.29) is 17.9 Å². The van der Waals surface area contributed by atoms with Crippen molar-refractivity contribution in [1.82, 2.24) is 19.6 Å². The molecule has 1 aliphatic rings. The second-order valence-corrected chi connectivity index (χ2v) is 7.52. The van der Waals surface area contributed by atoms with E-state index in [1.165, 1.54) is 0 Å². The third-order valence-corrected chi connectivity index (χ3v) is 4.34. The largest absolute Gasteiger partial charge is 0.449 e. The topological polar surface area (TPSA) is 79.7 Å². The highest BCUT2D eigenvalue weighted by Crippen LogP contribution is 2.20. The van der Waals surface area contributed by atoms with Crippen LogP contribution in [0.25, 0.3) is 0 Å². The summed E-state index contributed by atoms with van der Waals surface area (Å²) in [6.07, 6.45) is 4.54. The summed E-state index contributed by atoms with van der Waals surface area (Å²) in [4.78, 5) is 28.2. The van der Waals surface area contributed by atoms with Crippen LogP contribution < -0.4 is 5.32 Å². The van der Waals surface area contributed by atoms with Crippen LogP contribution in [-0.4, -0.2) is 71.9 Å². The van der Waals surface area contributed by atoms with E-state index in [9.17, 15) is 9.59 Å². The van der Waals surface area contributed by atoms with Crippen molar-refractivity contribution in [3.63, 3.8) is 0 Å². The van der Waals surface area contributed by atoms with Crippen molar-refractivity contribution in [2.24, 2.45) is 11.8 Å². The molecule has 8 heteroatoms. The van der Waals surface area contributed by atoms with E-state index in [0.29, 0.717) is 44.1 Å². The van der Waals surface area contributed by atoms with Gasteiger partial charge >= 0.3 is 6.09 Å². The number of nitrogens with one attached hydrogen (secondary N) is 1. The Morgan fingerprint density at radius 1 is 1.35 bits per heavy atom. The van der Waals surface area contributed by atoms with Gasteiger partial charge in [0, 0.05) is 31.7 Å². The molecule has 0 radical (unpaired) electrons. The van der Waals surface area contributed by atoms with Crippen molar-refractivity contribution in [3.05, 3.63) is 12.4 Å². The van der Waals surface area contributed by atoms with E-state index in [2.05, 4.69) is 15.3 Å². The molecule has 2 rings (SSSR count). The van der Waals surface area contributed by atoms with E-state index in [4.69, 9.17) is 4.74 Å². The summed E-state index contributed by atoms with van der Waals surface area (Å²) in [6.45, 7) is 7.21. The number of hydrogen-bond acceptors (Lipinski definition) is 5. The lowest BCUT2D eigenvalue weighted by Gasteiger charge is -2.30.